The van der Waals surface area contributed by atoms with E-state index >= 15 is 0 Å². The van der Waals surface area contributed by atoms with Crippen molar-refractivity contribution in [3.63, 3.8) is 0 Å². The van der Waals surface area contributed by atoms with Gasteiger partial charge in [-0.1, -0.05) is 18.2 Å². The SMILES string of the molecule is Cc1cc(C)cc(N2CCN(c3nc4c(c(Nc5cccc(F)c5)n3)S(=O)CC4)CC2)c1.O=S1CCc2nc(Cl)nc(Nc3cccc(F)c3)c21. The highest BCUT2D eigenvalue weighted by Gasteiger charge is 2.29. The summed E-state index contributed by atoms with van der Waals surface area (Å²) in [4.78, 5) is 23.4. The molecule has 0 radical (unpaired) electrons. The lowest BCUT2D eigenvalue weighted by atomic mass is 10.1. The topological polar surface area (TPSA) is 116 Å². The Morgan fingerprint density at radius 2 is 1.18 bits per heavy atom. The number of rotatable bonds is 6. The molecule has 1 saturated heterocycles. The molecular formula is C36H35ClF2N8O2S2. The van der Waals surface area contributed by atoms with Crippen LogP contribution in [0.25, 0.3) is 0 Å². The third-order valence-electron chi connectivity index (χ3n) is 8.65. The van der Waals surface area contributed by atoms with Gasteiger partial charge in [-0.2, -0.15) is 9.97 Å². The van der Waals surface area contributed by atoms with Gasteiger partial charge in [0.25, 0.3) is 0 Å². The van der Waals surface area contributed by atoms with Gasteiger partial charge in [0.1, 0.15) is 21.4 Å². The summed E-state index contributed by atoms with van der Waals surface area (Å²) < 4.78 is 51.3. The number of aromatic nitrogens is 4. The first-order valence-electron chi connectivity index (χ1n) is 16.5. The fraction of sp³-hybridized carbons (Fsp3) is 0.278. The standard InChI is InChI=1S/C24H26FN5OS.C12H9ClFN3OS/c1-16-12-17(2)14-20(13-16)29-7-9-30(10-8-29)24-27-21-6-11-32(31)22(21)23(28-24)26-19-5-3-4-18(25)15-19;13-12-16-9-4-5-19(18)10(9)11(17-12)15-8-3-1-2-7(14)6-8/h3-5,12-15H,6-11H2,1-2H3,(H,26,27,28);1-3,6H,4-5H2,(H,15,16,17). The Bertz CT molecular complexity index is 2150. The van der Waals surface area contributed by atoms with Gasteiger partial charge in [0.15, 0.2) is 11.6 Å². The zero-order chi connectivity index (χ0) is 35.6. The molecule has 2 unspecified atom stereocenters. The number of nitrogens with zero attached hydrogens (tertiary/aromatic N) is 6. The summed E-state index contributed by atoms with van der Waals surface area (Å²) in [5.41, 5.74) is 6.42. The third kappa shape index (κ3) is 8.03. The van der Waals surface area contributed by atoms with Crippen LogP contribution in [0.5, 0.6) is 0 Å². The second-order valence-electron chi connectivity index (χ2n) is 12.5. The molecular weight excluding hydrogens is 714 g/mol. The molecule has 5 heterocycles. The van der Waals surface area contributed by atoms with Crippen molar-refractivity contribution < 1.29 is 17.2 Å². The number of fused-ring (bicyclic) bond motifs is 2. The average Bonchev–Trinajstić information content (AvgIpc) is 3.66. The molecule has 0 aliphatic carbocycles. The fourth-order valence-electron chi connectivity index (χ4n) is 6.37. The second kappa shape index (κ2) is 15.0. The van der Waals surface area contributed by atoms with Crippen molar-refractivity contribution in [1.82, 2.24) is 19.9 Å². The number of anilines is 6. The van der Waals surface area contributed by atoms with Crippen LogP contribution in [0.4, 0.5) is 43.4 Å². The maximum atomic E-state index is 13.7. The Balaban J connectivity index is 0.000000182. The Morgan fingerprint density at radius 3 is 1.73 bits per heavy atom. The van der Waals surface area contributed by atoms with Crippen LogP contribution in [-0.4, -0.2) is 66.0 Å². The number of nitrogens with one attached hydrogen (secondary N) is 2. The zero-order valence-electron chi connectivity index (χ0n) is 28.0. The first-order chi connectivity index (χ1) is 24.6. The van der Waals surface area contributed by atoms with Crippen LogP contribution in [0.2, 0.25) is 5.28 Å². The molecule has 0 saturated carbocycles. The van der Waals surface area contributed by atoms with Crippen molar-refractivity contribution in [3.05, 3.63) is 106 Å². The first-order valence-corrected chi connectivity index (χ1v) is 19.5. The van der Waals surface area contributed by atoms with E-state index in [2.05, 4.69) is 62.4 Å². The number of aryl methyl sites for hydroxylation is 4. The van der Waals surface area contributed by atoms with Gasteiger partial charge in [-0.3, -0.25) is 8.42 Å². The van der Waals surface area contributed by atoms with Crippen LogP contribution >= 0.6 is 11.6 Å². The summed E-state index contributed by atoms with van der Waals surface area (Å²) in [5, 5.41) is 6.22. The summed E-state index contributed by atoms with van der Waals surface area (Å²) in [6, 6.07) is 18.8. The minimum atomic E-state index is -1.14. The number of halogens is 3. The van der Waals surface area contributed by atoms with E-state index in [1.165, 1.54) is 41.1 Å². The molecule has 2 N–H and O–H groups in total. The van der Waals surface area contributed by atoms with E-state index in [0.717, 1.165) is 31.9 Å². The molecule has 5 aromatic rings. The van der Waals surface area contributed by atoms with E-state index in [0.29, 0.717) is 68.8 Å². The predicted molar refractivity (Wildman–Crippen MR) is 199 cm³/mol. The molecule has 0 spiro atoms. The molecule has 2 aromatic heterocycles. The minimum Gasteiger partial charge on any atom is -0.368 e. The van der Waals surface area contributed by atoms with Gasteiger partial charge in [-0.25, -0.2) is 18.7 Å². The second-order valence-corrected chi connectivity index (χ2v) is 15.8. The highest BCUT2D eigenvalue weighted by atomic mass is 35.5. The Kier molecular flexibility index (Phi) is 10.3. The van der Waals surface area contributed by atoms with Gasteiger partial charge in [-0.05, 0) is 85.1 Å². The molecule has 15 heteroatoms. The van der Waals surface area contributed by atoms with Gasteiger partial charge < -0.3 is 20.4 Å². The average molecular weight is 749 g/mol. The van der Waals surface area contributed by atoms with E-state index in [1.54, 1.807) is 24.3 Å². The van der Waals surface area contributed by atoms with E-state index in [1.807, 2.05) is 0 Å². The normalized spacial score (nSPS) is 17.7. The van der Waals surface area contributed by atoms with Crippen molar-refractivity contribution in [2.75, 3.05) is 58.1 Å². The van der Waals surface area contributed by atoms with Gasteiger partial charge in [-0.15, -0.1) is 0 Å². The number of benzene rings is 3. The van der Waals surface area contributed by atoms with Gasteiger partial charge in [0, 0.05) is 67.6 Å². The van der Waals surface area contributed by atoms with Crippen LogP contribution in [0.1, 0.15) is 22.5 Å². The molecule has 2 atom stereocenters. The van der Waals surface area contributed by atoms with Gasteiger partial charge in [0.2, 0.25) is 11.2 Å². The highest BCUT2D eigenvalue weighted by molar-refractivity contribution is 7.85. The lowest BCUT2D eigenvalue weighted by molar-refractivity contribution is 0.628. The lowest BCUT2D eigenvalue weighted by Gasteiger charge is -2.36. The summed E-state index contributed by atoms with van der Waals surface area (Å²) >= 11 is 5.84. The van der Waals surface area contributed by atoms with Crippen LogP contribution in [-0.2, 0) is 34.4 Å². The summed E-state index contributed by atoms with van der Waals surface area (Å²) in [6.45, 7) is 7.61. The van der Waals surface area contributed by atoms with Crippen molar-refractivity contribution >= 4 is 67.8 Å². The highest BCUT2D eigenvalue weighted by Crippen LogP contribution is 2.33. The van der Waals surface area contributed by atoms with Crippen LogP contribution in [0, 0.1) is 25.5 Å². The van der Waals surface area contributed by atoms with Gasteiger partial charge >= 0.3 is 0 Å². The van der Waals surface area contributed by atoms with E-state index < -0.39 is 21.6 Å². The largest absolute Gasteiger partial charge is 0.368 e. The zero-order valence-corrected chi connectivity index (χ0v) is 30.3. The first kappa shape index (κ1) is 34.9. The van der Waals surface area contributed by atoms with Crippen LogP contribution in [0.3, 0.4) is 0 Å². The molecule has 8 rings (SSSR count). The van der Waals surface area contributed by atoms with Crippen molar-refractivity contribution in [3.8, 4) is 0 Å². The van der Waals surface area contributed by atoms with E-state index in [4.69, 9.17) is 21.6 Å². The Labute approximate surface area is 304 Å². The quantitative estimate of drug-likeness (QED) is 0.183. The molecule has 51 heavy (non-hydrogen) atoms. The monoisotopic (exact) mass is 748 g/mol. The molecule has 3 aromatic carbocycles. The molecule has 1 fully saturated rings. The molecule has 3 aliphatic rings. The van der Waals surface area contributed by atoms with Crippen molar-refractivity contribution in [1.29, 1.82) is 0 Å². The third-order valence-corrected chi connectivity index (χ3v) is 11.7. The van der Waals surface area contributed by atoms with Crippen LogP contribution < -0.4 is 20.4 Å². The summed E-state index contributed by atoms with van der Waals surface area (Å²) in [6.07, 6.45) is 1.28. The minimum absolute atomic E-state index is 0.0940. The molecule has 10 nitrogen and oxygen atoms in total. The van der Waals surface area contributed by atoms with E-state index in [-0.39, 0.29) is 16.9 Å². The maximum absolute atomic E-state index is 13.7. The molecule has 264 valence electrons. The number of hydrogen-bond donors (Lipinski definition) is 2. The van der Waals surface area contributed by atoms with Gasteiger partial charge in [0.05, 0.1) is 33.0 Å². The maximum Gasteiger partial charge on any atom is 0.227 e. The molecule has 0 amide bonds. The Hall–Kier alpha value is -4.53. The summed E-state index contributed by atoms with van der Waals surface area (Å²) in [5.74, 6) is 1.92. The molecule has 3 aliphatic heterocycles. The fourth-order valence-corrected chi connectivity index (χ4v) is 9.16. The number of hydrogen-bond acceptors (Lipinski definition) is 10. The number of piperazine rings is 1. The predicted octanol–water partition coefficient (Wildman–Crippen LogP) is 6.64. The van der Waals surface area contributed by atoms with Crippen molar-refractivity contribution in [2.45, 2.75) is 36.5 Å². The summed E-state index contributed by atoms with van der Waals surface area (Å²) in [7, 11) is -2.28. The lowest BCUT2D eigenvalue weighted by Crippen LogP contribution is -2.47. The van der Waals surface area contributed by atoms with E-state index in [9.17, 15) is 17.2 Å². The Morgan fingerprint density at radius 1 is 0.667 bits per heavy atom. The van der Waals surface area contributed by atoms with Crippen molar-refractivity contribution in [2.24, 2.45) is 0 Å². The smallest absolute Gasteiger partial charge is 0.227 e. The van der Waals surface area contributed by atoms with Crippen LogP contribution in [0.15, 0.2) is 76.5 Å². The molecule has 0 bridgehead atoms.